The van der Waals surface area contributed by atoms with Gasteiger partial charge in [0.25, 0.3) is 0 Å². The van der Waals surface area contributed by atoms with Crippen molar-refractivity contribution < 1.29 is 14.3 Å². The van der Waals surface area contributed by atoms with Gasteiger partial charge in [-0.25, -0.2) is 4.79 Å². The second-order valence-electron chi connectivity index (χ2n) is 4.76. The molecule has 0 atom stereocenters. The molecular weight excluding hydrogens is 244 g/mol. The predicted molar refractivity (Wildman–Crippen MR) is 70.4 cm³/mol. The van der Waals surface area contributed by atoms with Crippen LogP contribution in [0.5, 0.6) is 0 Å². The predicted octanol–water partition coefficient (Wildman–Crippen LogP) is 0.971. The fourth-order valence-corrected chi connectivity index (χ4v) is 1.69. The summed E-state index contributed by atoms with van der Waals surface area (Å²) in [5.41, 5.74) is 6.56. The Morgan fingerprint density at radius 2 is 1.95 bits per heavy atom. The van der Waals surface area contributed by atoms with Crippen LogP contribution in [0.1, 0.15) is 35.7 Å². The van der Waals surface area contributed by atoms with E-state index in [-0.39, 0.29) is 11.9 Å². The molecule has 0 aromatic heterocycles. The van der Waals surface area contributed by atoms with E-state index in [9.17, 15) is 9.59 Å². The third-order valence-corrected chi connectivity index (χ3v) is 3.16. The first-order valence-corrected chi connectivity index (χ1v) is 6.38. The Kier molecular flexibility index (Phi) is 3.85. The molecule has 0 aliphatic heterocycles. The molecule has 0 heterocycles. The van der Waals surface area contributed by atoms with Crippen molar-refractivity contribution >= 4 is 11.9 Å². The fraction of sp³-hybridized carbons (Fsp3) is 0.429. The van der Waals surface area contributed by atoms with Crippen LogP contribution in [0.3, 0.4) is 0 Å². The standard InChI is InChI=1S/C14H18N2O3/c1-2-19-12(17)11-5-3-10(4-6-11)9-16-13(18)14(15)7-8-14/h3-6H,2,7-9,15H2,1H3,(H,16,18). The van der Waals surface area contributed by atoms with Crippen LogP contribution >= 0.6 is 0 Å². The Labute approximate surface area is 112 Å². The van der Waals surface area contributed by atoms with Crippen molar-refractivity contribution in [2.24, 2.45) is 5.73 Å². The molecular formula is C14H18N2O3. The number of carbonyl (C=O) groups is 2. The van der Waals surface area contributed by atoms with E-state index in [1.807, 2.05) is 0 Å². The number of benzene rings is 1. The summed E-state index contributed by atoms with van der Waals surface area (Å²) in [7, 11) is 0. The van der Waals surface area contributed by atoms with E-state index in [1.165, 1.54) is 0 Å². The lowest BCUT2D eigenvalue weighted by Gasteiger charge is -2.10. The largest absolute Gasteiger partial charge is 0.462 e. The third kappa shape index (κ3) is 3.32. The summed E-state index contributed by atoms with van der Waals surface area (Å²) in [6.45, 7) is 2.54. The zero-order valence-corrected chi connectivity index (χ0v) is 10.9. The Bertz CT molecular complexity index is 478. The van der Waals surface area contributed by atoms with Crippen LogP contribution in [-0.2, 0) is 16.1 Å². The first-order chi connectivity index (χ1) is 9.05. The molecule has 0 saturated heterocycles. The molecule has 0 spiro atoms. The molecule has 0 bridgehead atoms. The molecule has 1 saturated carbocycles. The zero-order chi connectivity index (χ0) is 13.9. The van der Waals surface area contributed by atoms with Gasteiger partial charge in [-0.15, -0.1) is 0 Å². The second kappa shape index (κ2) is 5.40. The minimum atomic E-state index is -0.648. The van der Waals surface area contributed by atoms with E-state index in [4.69, 9.17) is 10.5 Å². The molecule has 0 unspecified atom stereocenters. The van der Waals surface area contributed by atoms with Gasteiger partial charge < -0.3 is 15.8 Å². The number of nitrogens with two attached hydrogens (primary N) is 1. The highest BCUT2D eigenvalue weighted by Crippen LogP contribution is 2.32. The number of esters is 1. The van der Waals surface area contributed by atoms with Gasteiger partial charge in [0.1, 0.15) is 0 Å². The molecule has 2 rings (SSSR count). The number of hydrogen-bond acceptors (Lipinski definition) is 4. The Hall–Kier alpha value is -1.88. The summed E-state index contributed by atoms with van der Waals surface area (Å²) in [6, 6.07) is 6.97. The SMILES string of the molecule is CCOC(=O)c1ccc(CNC(=O)C2(N)CC2)cc1. The maximum absolute atomic E-state index is 11.7. The van der Waals surface area contributed by atoms with Crippen molar-refractivity contribution in [3.05, 3.63) is 35.4 Å². The summed E-state index contributed by atoms with van der Waals surface area (Å²) in [5.74, 6) is -0.445. The lowest BCUT2D eigenvalue weighted by atomic mass is 10.1. The van der Waals surface area contributed by atoms with E-state index < -0.39 is 5.54 Å². The zero-order valence-electron chi connectivity index (χ0n) is 10.9. The van der Waals surface area contributed by atoms with Crippen molar-refractivity contribution in [2.75, 3.05) is 6.61 Å². The van der Waals surface area contributed by atoms with Crippen LogP contribution in [0.15, 0.2) is 24.3 Å². The number of rotatable bonds is 5. The van der Waals surface area contributed by atoms with Crippen LogP contribution in [0, 0.1) is 0 Å². The van der Waals surface area contributed by atoms with Gasteiger partial charge >= 0.3 is 5.97 Å². The van der Waals surface area contributed by atoms with Crippen LogP contribution in [0.4, 0.5) is 0 Å². The summed E-state index contributed by atoms with van der Waals surface area (Å²) >= 11 is 0. The maximum atomic E-state index is 11.7. The summed E-state index contributed by atoms with van der Waals surface area (Å²) in [4.78, 5) is 23.1. The van der Waals surface area contributed by atoms with Crippen molar-refractivity contribution in [1.82, 2.24) is 5.32 Å². The maximum Gasteiger partial charge on any atom is 0.338 e. The smallest absolute Gasteiger partial charge is 0.338 e. The second-order valence-corrected chi connectivity index (χ2v) is 4.76. The van der Waals surface area contributed by atoms with E-state index >= 15 is 0 Å². The van der Waals surface area contributed by atoms with Crippen molar-refractivity contribution in [2.45, 2.75) is 31.8 Å². The fourth-order valence-electron chi connectivity index (χ4n) is 1.69. The lowest BCUT2D eigenvalue weighted by Crippen LogP contribution is -2.42. The van der Waals surface area contributed by atoms with Crippen LogP contribution < -0.4 is 11.1 Å². The van der Waals surface area contributed by atoms with E-state index in [1.54, 1.807) is 31.2 Å². The van der Waals surface area contributed by atoms with Crippen LogP contribution in [0.2, 0.25) is 0 Å². The normalized spacial score (nSPS) is 15.7. The number of amides is 1. The molecule has 1 amide bonds. The molecule has 0 radical (unpaired) electrons. The first kappa shape index (κ1) is 13.5. The van der Waals surface area contributed by atoms with Gasteiger partial charge in [0, 0.05) is 6.54 Å². The van der Waals surface area contributed by atoms with Gasteiger partial charge in [-0.2, -0.15) is 0 Å². The number of ether oxygens (including phenoxy) is 1. The monoisotopic (exact) mass is 262 g/mol. The molecule has 5 nitrogen and oxygen atoms in total. The lowest BCUT2D eigenvalue weighted by molar-refractivity contribution is -0.123. The molecule has 19 heavy (non-hydrogen) atoms. The van der Waals surface area contributed by atoms with Gasteiger partial charge in [-0.05, 0) is 37.5 Å². The molecule has 1 fully saturated rings. The minimum Gasteiger partial charge on any atom is -0.462 e. The first-order valence-electron chi connectivity index (χ1n) is 6.38. The van der Waals surface area contributed by atoms with E-state index in [0.717, 1.165) is 18.4 Å². The molecule has 1 aliphatic carbocycles. The molecule has 1 aromatic carbocycles. The Balaban J connectivity index is 1.88. The van der Waals surface area contributed by atoms with Gasteiger partial charge in [0.05, 0.1) is 17.7 Å². The highest BCUT2D eigenvalue weighted by atomic mass is 16.5. The Morgan fingerprint density at radius 3 is 2.47 bits per heavy atom. The van der Waals surface area contributed by atoms with Gasteiger partial charge in [-0.3, -0.25) is 4.79 Å². The number of nitrogens with one attached hydrogen (secondary N) is 1. The van der Waals surface area contributed by atoms with E-state index in [0.29, 0.717) is 18.7 Å². The van der Waals surface area contributed by atoms with E-state index in [2.05, 4.69) is 5.32 Å². The van der Waals surface area contributed by atoms with Crippen molar-refractivity contribution in [1.29, 1.82) is 0 Å². The summed E-state index contributed by atoms with van der Waals surface area (Å²) in [6.07, 6.45) is 1.50. The minimum absolute atomic E-state index is 0.109. The van der Waals surface area contributed by atoms with Crippen LogP contribution in [-0.4, -0.2) is 24.0 Å². The quantitative estimate of drug-likeness (QED) is 0.775. The van der Waals surface area contributed by atoms with Gasteiger partial charge in [-0.1, -0.05) is 12.1 Å². The highest BCUT2D eigenvalue weighted by molar-refractivity contribution is 5.90. The van der Waals surface area contributed by atoms with Crippen LogP contribution in [0.25, 0.3) is 0 Å². The van der Waals surface area contributed by atoms with Crippen molar-refractivity contribution in [3.8, 4) is 0 Å². The van der Waals surface area contributed by atoms with Gasteiger partial charge in [0.2, 0.25) is 5.91 Å². The molecule has 5 heteroatoms. The van der Waals surface area contributed by atoms with Crippen molar-refractivity contribution in [3.63, 3.8) is 0 Å². The molecule has 1 aliphatic rings. The molecule has 102 valence electrons. The Morgan fingerprint density at radius 1 is 1.32 bits per heavy atom. The average Bonchev–Trinajstić information content (AvgIpc) is 3.16. The number of carbonyl (C=O) groups excluding carboxylic acids is 2. The summed E-state index contributed by atoms with van der Waals surface area (Å²) < 4.78 is 4.89. The summed E-state index contributed by atoms with van der Waals surface area (Å²) in [5, 5.41) is 2.80. The third-order valence-electron chi connectivity index (χ3n) is 3.16. The highest BCUT2D eigenvalue weighted by Gasteiger charge is 2.45. The molecule has 1 aromatic rings. The number of hydrogen-bond donors (Lipinski definition) is 2. The molecule has 3 N–H and O–H groups in total. The average molecular weight is 262 g/mol. The topological polar surface area (TPSA) is 81.4 Å². The van der Waals surface area contributed by atoms with Gasteiger partial charge in [0.15, 0.2) is 0 Å².